The number of hydrogen-bond acceptors (Lipinski definition) is 6. The Morgan fingerprint density at radius 3 is 2.95 bits per heavy atom. The lowest BCUT2D eigenvalue weighted by atomic mass is 10.3. The molecule has 0 atom stereocenters. The second-order valence-corrected chi connectivity index (χ2v) is 4.32. The summed E-state index contributed by atoms with van der Waals surface area (Å²) in [6.45, 7) is 0. The highest BCUT2D eigenvalue weighted by atomic mass is 32.1. The molecule has 2 N–H and O–H groups in total. The number of H-pyrrole nitrogens is 1. The molecule has 0 radical (unpaired) electrons. The Bertz CT molecular complexity index is 676. The van der Waals surface area contributed by atoms with Gasteiger partial charge in [0.05, 0.1) is 19.0 Å². The summed E-state index contributed by atoms with van der Waals surface area (Å²) in [7, 11) is 1.25. The van der Waals surface area contributed by atoms with E-state index in [2.05, 4.69) is 20.0 Å². The predicted molar refractivity (Wildman–Crippen MR) is 68.5 cm³/mol. The molecule has 0 aromatic carbocycles. The lowest BCUT2D eigenvalue weighted by molar-refractivity contribution is 0.0602. The van der Waals surface area contributed by atoms with Crippen LogP contribution in [0.1, 0.15) is 20.8 Å². The monoisotopic (exact) mass is 279 g/mol. The van der Waals surface area contributed by atoms with E-state index in [1.165, 1.54) is 24.5 Å². The molecule has 2 heterocycles. The highest BCUT2D eigenvalue weighted by Gasteiger charge is 2.16. The third-order valence-corrected chi connectivity index (χ3v) is 3.04. The number of thiophene rings is 1. The summed E-state index contributed by atoms with van der Waals surface area (Å²) in [6, 6.07) is 2.61. The topological polar surface area (TPSA) is 101 Å². The third-order valence-electron chi connectivity index (χ3n) is 2.21. The zero-order chi connectivity index (χ0) is 13.8. The van der Waals surface area contributed by atoms with Crippen LogP contribution in [-0.2, 0) is 4.74 Å². The van der Waals surface area contributed by atoms with Crippen molar-refractivity contribution in [3.63, 3.8) is 0 Å². The van der Waals surface area contributed by atoms with Gasteiger partial charge in [0.2, 0.25) is 0 Å². The van der Waals surface area contributed by atoms with Crippen LogP contribution in [0.2, 0.25) is 0 Å². The van der Waals surface area contributed by atoms with Crippen molar-refractivity contribution in [3.8, 4) is 0 Å². The zero-order valence-corrected chi connectivity index (χ0v) is 10.6. The van der Waals surface area contributed by atoms with Gasteiger partial charge in [-0.2, -0.15) is 0 Å². The fraction of sp³-hybridized carbons (Fsp3) is 0.0909. The molecule has 2 aromatic rings. The summed E-state index contributed by atoms with van der Waals surface area (Å²) in [5.74, 6) is -1.12. The molecule has 7 nitrogen and oxygen atoms in total. The minimum absolute atomic E-state index is 0.0343. The maximum absolute atomic E-state index is 11.9. The number of anilines is 1. The molecule has 19 heavy (non-hydrogen) atoms. The van der Waals surface area contributed by atoms with Gasteiger partial charge in [-0.1, -0.05) is 0 Å². The second kappa shape index (κ2) is 5.44. The number of esters is 1. The van der Waals surface area contributed by atoms with Crippen LogP contribution in [-0.4, -0.2) is 29.0 Å². The second-order valence-electron chi connectivity index (χ2n) is 3.41. The number of carbonyl (C=O) groups is 2. The van der Waals surface area contributed by atoms with Crippen molar-refractivity contribution in [2.24, 2.45) is 0 Å². The van der Waals surface area contributed by atoms with Crippen molar-refractivity contribution >= 4 is 28.2 Å². The molecule has 2 rings (SSSR count). The van der Waals surface area contributed by atoms with E-state index < -0.39 is 17.4 Å². The number of carbonyl (C=O) groups excluding carboxylic acids is 2. The molecule has 0 aliphatic rings. The van der Waals surface area contributed by atoms with E-state index >= 15 is 0 Å². The van der Waals surface area contributed by atoms with Crippen LogP contribution < -0.4 is 10.9 Å². The van der Waals surface area contributed by atoms with Gasteiger partial charge < -0.3 is 15.0 Å². The van der Waals surface area contributed by atoms with Crippen molar-refractivity contribution in [1.29, 1.82) is 0 Å². The summed E-state index contributed by atoms with van der Waals surface area (Å²) in [5.41, 5.74) is -0.210. The number of aromatic nitrogens is 2. The van der Waals surface area contributed by atoms with E-state index in [4.69, 9.17) is 0 Å². The van der Waals surface area contributed by atoms with Crippen LogP contribution in [0.25, 0.3) is 0 Å². The van der Waals surface area contributed by atoms with E-state index in [9.17, 15) is 14.4 Å². The molecule has 2 aromatic heterocycles. The minimum Gasteiger partial charge on any atom is -0.465 e. The Labute approximate surface area is 111 Å². The van der Waals surface area contributed by atoms with E-state index in [-0.39, 0.29) is 11.3 Å². The van der Waals surface area contributed by atoms with E-state index in [1.807, 2.05) is 0 Å². The smallest absolute Gasteiger partial charge is 0.340 e. The number of nitrogens with zero attached hydrogens (tertiary/aromatic N) is 1. The van der Waals surface area contributed by atoms with Crippen molar-refractivity contribution < 1.29 is 14.3 Å². The van der Waals surface area contributed by atoms with Crippen molar-refractivity contribution in [2.75, 3.05) is 12.4 Å². The Balaban J connectivity index is 2.22. The van der Waals surface area contributed by atoms with Gasteiger partial charge in [0.15, 0.2) is 0 Å². The summed E-state index contributed by atoms with van der Waals surface area (Å²) >= 11 is 1.17. The molecule has 0 bridgehead atoms. The first kappa shape index (κ1) is 13.0. The molecule has 0 fully saturated rings. The molecular formula is C11H9N3O4S. The number of nitrogens with one attached hydrogen (secondary N) is 2. The van der Waals surface area contributed by atoms with E-state index in [0.29, 0.717) is 5.00 Å². The van der Waals surface area contributed by atoms with Crippen LogP contribution in [0.4, 0.5) is 5.00 Å². The Kier molecular flexibility index (Phi) is 3.71. The Hall–Kier alpha value is -2.48. The summed E-state index contributed by atoms with van der Waals surface area (Å²) < 4.78 is 4.59. The molecule has 0 saturated carbocycles. The van der Waals surface area contributed by atoms with E-state index in [1.54, 1.807) is 5.38 Å². The van der Waals surface area contributed by atoms with Crippen molar-refractivity contribution in [2.45, 2.75) is 0 Å². The third kappa shape index (κ3) is 2.86. The SMILES string of the molecule is COC(=O)c1ccsc1NC(=O)c1cc(=O)[nH]cn1. The highest BCUT2D eigenvalue weighted by molar-refractivity contribution is 7.14. The number of aromatic amines is 1. The average molecular weight is 279 g/mol. The lowest BCUT2D eigenvalue weighted by Gasteiger charge is -2.04. The molecule has 0 aliphatic heterocycles. The molecular weight excluding hydrogens is 270 g/mol. The van der Waals surface area contributed by atoms with Gasteiger partial charge >= 0.3 is 5.97 Å². The van der Waals surface area contributed by atoms with Crippen LogP contribution in [0.15, 0.2) is 28.6 Å². The first-order valence-corrected chi connectivity index (χ1v) is 6.01. The van der Waals surface area contributed by atoms with Crippen LogP contribution in [0.3, 0.4) is 0 Å². The minimum atomic E-state index is -0.571. The molecule has 8 heteroatoms. The van der Waals surface area contributed by atoms with Crippen LogP contribution >= 0.6 is 11.3 Å². The first-order chi connectivity index (χ1) is 9.11. The van der Waals surface area contributed by atoms with Gasteiger partial charge in [0.1, 0.15) is 10.7 Å². The van der Waals surface area contributed by atoms with Gasteiger partial charge in [-0.3, -0.25) is 9.59 Å². The van der Waals surface area contributed by atoms with Crippen molar-refractivity contribution in [1.82, 2.24) is 9.97 Å². The average Bonchev–Trinajstić information content (AvgIpc) is 2.86. The number of methoxy groups -OCH3 is 1. The van der Waals surface area contributed by atoms with Gasteiger partial charge in [0, 0.05) is 6.07 Å². The number of ether oxygens (including phenoxy) is 1. The fourth-order valence-corrected chi connectivity index (χ4v) is 2.11. The first-order valence-electron chi connectivity index (χ1n) is 5.13. The highest BCUT2D eigenvalue weighted by Crippen LogP contribution is 2.24. The van der Waals surface area contributed by atoms with E-state index in [0.717, 1.165) is 12.4 Å². The predicted octanol–water partition coefficient (Wildman–Crippen LogP) is 0.870. The normalized spacial score (nSPS) is 9.95. The molecule has 0 unspecified atom stereocenters. The molecule has 0 saturated heterocycles. The standard InChI is InChI=1S/C11H9N3O4S/c1-18-11(17)6-2-3-19-10(6)14-9(16)7-4-8(15)13-5-12-7/h2-5H,1H3,(H,14,16)(H,12,13,15). The zero-order valence-electron chi connectivity index (χ0n) is 9.80. The fourth-order valence-electron chi connectivity index (χ4n) is 1.34. The largest absolute Gasteiger partial charge is 0.465 e. The van der Waals surface area contributed by atoms with Gasteiger partial charge in [-0.05, 0) is 11.4 Å². The van der Waals surface area contributed by atoms with Crippen molar-refractivity contribution in [3.05, 3.63) is 45.5 Å². The van der Waals surface area contributed by atoms with Crippen LogP contribution in [0.5, 0.6) is 0 Å². The summed E-state index contributed by atoms with van der Waals surface area (Å²) in [5, 5.41) is 4.50. The maximum atomic E-state index is 11.9. The van der Waals surface area contributed by atoms with Gasteiger partial charge in [-0.25, -0.2) is 9.78 Å². The Morgan fingerprint density at radius 2 is 2.26 bits per heavy atom. The van der Waals surface area contributed by atoms with Gasteiger partial charge in [0.25, 0.3) is 11.5 Å². The molecule has 98 valence electrons. The number of hydrogen-bond donors (Lipinski definition) is 2. The quantitative estimate of drug-likeness (QED) is 0.812. The number of amides is 1. The molecule has 1 amide bonds. The summed E-state index contributed by atoms with van der Waals surface area (Å²) in [6.07, 6.45) is 1.13. The lowest BCUT2D eigenvalue weighted by Crippen LogP contribution is -2.18. The van der Waals surface area contributed by atoms with Gasteiger partial charge in [-0.15, -0.1) is 11.3 Å². The molecule has 0 spiro atoms. The molecule has 0 aliphatic carbocycles. The number of rotatable bonds is 3. The Morgan fingerprint density at radius 1 is 1.47 bits per heavy atom. The summed E-state index contributed by atoms with van der Waals surface area (Å²) in [4.78, 5) is 40.4. The van der Waals surface area contributed by atoms with Crippen LogP contribution in [0, 0.1) is 0 Å². The maximum Gasteiger partial charge on any atom is 0.340 e.